The summed E-state index contributed by atoms with van der Waals surface area (Å²) in [4.78, 5) is 25.4. The van der Waals surface area contributed by atoms with Gasteiger partial charge in [0, 0.05) is 31.2 Å². The summed E-state index contributed by atoms with van der Waals surface area (Å²) in [6.45, 7) is 3.62. The minimum atomic E-state index is -0.196. The summed E-state index contributed by atoms with van der Waals surface area (Å²) >= 11 is 6.13. The van der Waals surface area contributed by atoms with Crippen LogP contribution in [0.2, 0.25) is 5.02 Å². The molecule has 1 fully saturated rings. The fourth-order valence-corrected chi connectivity index (χ4v) is 2.23. The molecule has 1 atom stereocenters. The molecule has 3 N–H and O–H groups in total. The summed E-state index contributed by atoms with van der Waals surface area (Å²) in [5.74, 6) is -0.186. The number of anilines is 1. The van der Waals surface area contributed by atoms with Crippen molar-refractivity contribution in [1.82, 2.24) is 16.0 Å². The number of likely N-dealkylation sites (N-methyl/N-ethyl adjacent to an activating group) is 1. The Kier molecular flexibility index (Phi) is 5.03. The van der Waals surface area contributed by atoms with Crippen molar-refractivity contribution in [3.05, 3.63) is 28.8 Å². The van der Waals surface area contributed by atoms with Gasteiger partial charge >= 0.3 is 6.03 Å². The van der Waals surface area contributed by atoms with E-state index in [1.807, 2.05) is 14.0 Å². The van der Waals surface area contributed by atoms with Crippen molar-refractivity contribution in [3.8, 4) is 0 Å². The molecule has 1 aliphatic heterocycles. The van der Waals surface area contributed by atoms with E-state index in [4.69, 9.17) is 11.6 Å². The van der Waals surface area contributed by atoms with Crippen LogP contribution in [0.1, 0.15) is 17.3 Å². The standard InChI is InChI=1S/C14H19ClN4O2/c1-9(16-2)8-18-13(20)10-3-4-11(15)12(7-10)19-6-5-17-14(19)21/h3-4,7,9,16H,5-6,8H2,1-2H3,(H,17,21)(H,18,20). The Morgan fingerprint density at radius 3 is 2.90 bits per heavy atom. The van der Waals surface area contributed by atoms with Gasteiger partial charge in [0.05, 0.1) is 10.7 Å². The molecule has 0 aliphatic carbocycles. The molecule has 1 aromatic rings. The van der Waals surface area contributed by atoms with Gasteiger partial charge in [-0.3, -0.25) is 9.69 Å². The molecule has 3 amide bonds. The average Bonchev–Trinajstić information content (AvgIpc) is 2.90. The second-order valence-corrected chi connectivity index (χ2v) is 5.36. The number of nitrogens with zero attached hydrogens (tertiary/aromatic N) is 1. The second kappa shape index (κ2) is 6.78. The van der Waals surface area contributed by atoms with E-state index in [0.717, 1.165) is 0 Å². The van der Waals surface area contributed by atoms with Gasteiger partial charge in [-0.1, -0.05) is 11.6 Å². The van der Waals surface area contributed by atoms with E-state index in [2.05, 4.69) is 16.0 Å². The number of hydrogen-bond acceptors (Lipinski definition) is 3. The van der Waals surface area contributed by atoms with Crippen LogP contribution < -0.4 is 20.9 Å². The van der Waals surface area contributed by atoms with E-state index in [1.165, 1.54) is 4.90 Å². The van der Waals surface area contributed by atoms with E-state index in [9.17, 15) is 9.59 Å². The third-order valence-electron chi connectivity index (χ3n) is 3.42. The topological polar surface area (TPSA) is 73.5 Å². The smallest absolute Gasteiger partial charge is 0.322 e. The van der Waals surface area contributed by atoms with Crippen molar-refractivity contribution in [2.24, 2.45) is 0 Å². The summed E-state index contributed by atoms with van der Waals surface area (Å²) in [6.07, 6.45) is 0. The molecule has 0 spiro atoms. The van der Waals surface area contributed by atoms with Crippen molar-refractivity contribution < 1.29 is 9.59 Å². The van der Waals surface area contributed by atoms with E-state index >= 15 is 0 Å². The molecule has 21 heavy (non-hydrogen) atoms. The molecule has 7 heteroatoms. The first-order valence-corrected chi connectivity index (χ1v) is 7.21. The summed E-state index contributed by atoms with van der Waals surface area (Å²) in [7, 11) is 1.84. The van der Waals surface area contributed by atoms with Crippen LogP contribution in [-0.4, -0.2) is 44.7 Å². The van der Waals surface area contributed by atoms with E-state index in [0.29, 0.717) is 35.9 Å². The number of urea groups is 1. The monoisotopic (exact) mass is 310 g/mol. The van der Waals surface area contributed by atoms with Crippen LogP contribution in [0.25, 0.3) is 0 Å². The fourth-order valence-electron chi connectivity index (χ4n) is 2.01. The Labute approximate surface area is 128 Å². The molecule has 1 aliphatic rings. The Morgan fingerprint density at radius 1 is 1.52 bits per heavy atom. The predicted molar refractivity (Wildman–Crippen MR) is 83.1 cm³/mol. The first-order chi connectivity index (χ1) is 10.0. The third kappa shape index (κ3) is 3.65. The van der Waals surface area contributed by atoms with Crippen LogP contribution in [0.15, 0.2) is 18.2 Å². The number of halogens is 1. The lowest BCUT2D eigenvalue weighted by atomic mass is 10.1. The molecular weight excluding hydrogens is 292 g/mol. The minimum Gasteiger partial charge on any atom is -0.350 e. The molecule has 0 saturated carbocycles. The first kappa shape index (κ1) is 15.6. The largest absolute Gasteiger partial charge is 0.350 e. The van der Waals surface area contributed by atoms with Crippen LogP contribution >= 0.6 is 11.6 Å². The van der Waals surface area contributed by atoms with Crippen LogP contribution in [-0.2, 0) is 0 Å². The highest BCUT2D eigenvalue weighted by atomic mass is 35.5. The van der Waals surface area contributed by atoms with Gasteiger partial charge in [0.15, 0.2) is 0 Å². The normalized spacial score (nSPS) is 15.8. The van der Waals surface area contributed by atoms with Gasteiger partial charge in [-0.25, -0.2) is 4.79 Å². The lowest BCUT2D eigenvalue weighted by Gasteiger charge is -2.17. The van der Waals surface area contributed by atoms with Crippen molar-refractivity contribution >= 4 is 29.2 Å². The van der Waals surface area contributed by atoms with Crippen molar-refractivity contribution in [2.45, 2.75) is 13.0 Å². The number of benzene rings is 1. The zero-order chi connectivity index (χ0) is 15.4. The van der Waals surface area contributed by atoms with E-state index < -0.39 is 0 Å². The molecule has 1 aromatic carbocycles. The molecule has 0 radical (unpaired) electrons. The summed E-state index contributed by atoms with van der Waals surface area (Å²) in [5, 5.41) is 9.04. The number of carbonyl (C=O) groups is 2. The Balaban J connectivity index is 2.14. The van der Waals surface area contributed by atoms with E-state index in [-0.39, 0.29) is 18.0 Å². The van der Waals surface area contributed by atoms with Gasteiger partial charge < -0.3 is 16.0 Å². The van der Waals surface area contributed by atoms with Gasteiger partial charge in [0.2, 0.25) is 0 Å². The van der Waals surface area contributed by atoms with Crippen LogP contribution in [0, 0.1) is 0 Å². The molecule has 114 valence electrons. The molecular formula is C14H19ClN4O2. The Morgan fingerprint density at radius 2 is 2.29 bits per heavy atom. The molecule has 1 heterocycles. The predicted octanol–water partition coefficient (Wildman–Crippen LogP) is 1.21. The molecule has 2 rings (SSSR count). The number of carbonyl (C=O) groups excluding carboxylic acids is 2. The Hall–Kier alpha value is -1.79. The minimum absolute atomic E-state index is 0.185. The summed E-state index contributed by atoms with van der Waals surface area (Å²) in [5.41, 5.74) is 1.04. The average molecular weight is 311 g/mol. The first-order valence-electron chi connectivity index (χ1n) is 6.83. The number of amides is 3. The maximum atomic E-state index is 12.1. The molecule has 0 bridgehead atoms. The highest BCUT2D eigenvalue weighted by molar-refractivity contribution is 6.34. The molecule has 0 aromatic heterocycles. The van der Waals surface area contributed by atoms with Crippen LogP contribution in [0.3, 0.4) is 0 Å². The lowest BCUT2D eigenvalue weighted by molar-refractivity contribution is 0.0950. The van der Waals surface area contributed by atoms with Crippen molar-refractivity contribution in [1.29, 1.82) is 0 Å². The highest BCUT2D eigenvalue weighted by Crippen LogP contribution is 2.28. The van der Waals surface area contributed by atoms with Gasteiger partial charge in [-0.15, -0.1) is 0 Å². The fraction of sp³-hybridized carbons (Fsp3) is 0.429. The third-order valence-corrected chi connectivity index (χ3v) is 3.74. The van der Waals surface area contributed by atoms with Gasteiger partial charge in [-0.2, -0.15) is 0 Å². The highest BCUT2D eigenvalue weighted by Gasteiger charge is 2.24. The number of nitrogens with one attached hydrogen (secondary N) is 3. The number of rotatable bonds is 5. The lowest BCUT2D eigenvalue weighted by Crippen LogP contribution is -2.37. The number of hydrogen-bond donors (Lipinski definition) is 3. The second-order valence-electron chi connectivity index (χ2n) is 4.95. The van der Waals surface area contributed by atoms with Crippen molar-refractivity contribution in [2.75, 3.05) is 31.6 Å². The maximum Gasteiger partial charge on any atom is 0.322 e. The molecule has 6 nitrogen and oxygen atoms in total. The van der Waals surface area contributed by atoms with Crippen molar-refractivity contribution in [3.63, 3.8) is 0 Å². The molecule has 1 unspecified atom stereocenters. The Bertz CT molecular complexity index is 550. The maximum absolute atomic E-state index is 12.1. The van der Waals surface area contributed by atoms with Crippen LogP contribution in [0.4, 0.5) is 10.5 Å². The zero-order valence-electron chi connectivity index (χ0n) is 12.1. The van der Waals surface area contributed by atoms with Gasteiger partial charge in [0.1, 0.15) is 0 Å². The van der Waals surface area contributed by atoms with E-state index in [1.54, 1.807) is 18.2 Å². The van der Waals surface area contributed by atoms with Crippen LogP contribution in [0.5, 0.6) is 0 Å². The van der Waals surface area contributed by atoms with Gasteiger partial charge in [-0.05, 0) is 32.2 Å². The molecule has 1 saturated heterocycles. The zero-order valence-corrected chi connectivity index (χ0v) is 12.8. The van der Waals surface area contributed by atoms with Gasteiger partial charge in [0.25, 0.3) is 5.91 Å². The summed E-state index contributed by atoms with van der Waals surface area (Å²) < 4.78 is 0. The SMILES string of the molecule is CNC(C)CNC(=O)c1ccc(Cl)c(N2CCNC2=O)c1. The summed E-state index contributed by atoms with van der Waals surface area (Å²) in [6, 6.07) is 4.92. The quantitative estimate of drug-likeness (QED) is 0.765.